The summed E-state index contributed by atoms with van der Waals surface area (Å²) in [7, 11) is -3.61. The summed E-state index contributed by atoms with van der Waals surface area (Å²) in [5.41, 5.74) is 1.34. The maximum atomic E-state index is 12.7. The highest BCUT2D eigenvalue weighted by Crippen LogP contribution is 2.25. The number of hydrogen-bond donors (Lipinski definition) is 0. The van der Waals surface area contributed by atoms with Crippen molar-refractivity contribution in [2.75, 3.05) is 13.1 Å². The van der Waals surface area contributed by atoms with E-state index in [2.05, 4.69) is 15.1 Å². The number of rotatable bonds is 6. The second kappa shape index (κ2) is 7.53. The molecule has 0 aliphatic carbocycles. The Balaban J connectivity index is 1.45. The summed E-state index contributed by atoms with van der Waals surface area (Å²) in [5.74, 6) is 0.0230. The molecule has 0 spiro atoms. The molecular weight excluding hydrogens is 392 g/mol. The van der Waals surface area contributed by atoms with E-state index in [-0.39, 0.29) is 22.5 Å². The zero-order valence-electron chi connectivity index (χ0n) is 16.2. The van der Waals surface area contributed by atoms with Crippen LogP contribution in [0, 0.1) is 5.92 Å². The molecule has 0 unspecified atom stereocenters. The summed E-state index contributed by atoms with van der Waals surface area (Å²) in [5, 5.41) is 4.48. The van der Waals surface area contributed by atoms with Crippen LogP contribution in [0.3, 0.4) is 0 Å². The highest BCUT2D eigenvalue weighted by atomic mass is 32.2. The maximum Gasteiger partial charge on any atom is 0.266 e. The molecule has 0 aromatic carbocycles. The molecule has 3 aromatic rings. The van der Waals surface area contributed by atoms with Gasteiger partial charge in [-0.2, -0.15) is 9.40 Å². The molecule has 0 amide bonds. The van der Waals surface area contributed by atoms with Crippen LogP contribution in [0.15, 0.2) is 59.0 Å². The van der Waals surface area contributed by atoms with Crippen LogP contribution in [-0.4, -0.2) is 50.1 Å². The van der Waals surface area contributed by atoms with Gasteiger partial charge in [-0.25, -0.2) is 18.1 Å². The highest BCUT2D eigenvalue weighted by Gasteiger charge is 2.38. The van der Waals surface area contributed by atoms with Gasteiger partial charge in [-0.3, -0.25) is 9.78 Å². The van der Waals surface area contributed by atoms with E-state index >= 15 is 0 Å². The Morgan fingerprint density at radius 1 is 1.14 bits per heavy atom. The molecule has 1 aliphatic heterocycles. The molecule has 152 valence electrons. The molecule has 0 N–H and O–H groups in total. The summed E-state index contributed by atoms with van der Waals surface area (Å²) in [6.07, 6.45) is 6.42. The minimum atomic E-state index is -3.61. The number of sulfonamides is 1. The van der Waals surface area contributed by atoms with Crippen molar-refractivity contribution < 1.29 is 8.42 Å². The smallest absolute Gasteiger partial charge is 0.266 e. The lowest BCUT2D eigenvalue weighted by atomic mass is 10.0. The predicted molar refractivity (Wildman–Crippen MR) is 107 cm³/mol. The minimum Gasteiger partial charge on any atom is -0.334 e. The SMILES string of the molecule is CC(C)n1cnc(S(=O)(=O)N2CC(Cn3nc(-c4ccncc4)ccc3=O)C2)c1. The molecule has 0 bridgehead atoms. The van der Waals surface area contributed by atoms with Crippen molar-refractivity contribution >= 4 is 10.0 Å². The molecule has 4 rings (SSSR count). The fourth-order valence-electron chi connectivity index (χ4n) is 3.20. The van der Waals surface area contributed by atoms with Crippen LogP contribution in [0.5, 0.6) is 0 Å². The first-order valence-electron chi connectivity index (χ1n) is 9.37. The van der Waals surface area contributed by atoms with Gasteiger partial charge in [0.1, 0.15) is 0 Å². The van der Waals surface area contributed by atoms with Crippen molar-refractivity contribution in [2.24, 2.45) is 5.92 Å². The first kappa shape index (κ1) is 19.5. The van der Waals surface area contributed by atoms with Gasteiger partial charge in [-0.1, -0.05) is 0 Å². The molecule has 0 saturated carbocycles. The Hall–Kier alpha value is -2.85. The summed E-state index contributed by atoms with van der Waals surface area (Å²) >= 11 is 0. The van der Waals surface area contributed by atoms with Gasteiger partial charge in [0, 0.05) is 55.3 Å². The summed E-state index contributed by atoms with van der Waals surface area (Å²) in [6.45, 7) is 4.96. The zero-order valence-corrected chi connectivity index (χ0v) is 17.0. The van der Waals surface area contributed by atoms with Crippen molar-refractivity contribution in [1.82, 2.24) is 28.6 Å². The van der Waals surface area contributed by atoms with Gasteiger partial charge in [-0.15, -0.1) is 0 Å². The lowest BCUT2D eigenvalue weighted by Gasteiger charge is -2.37. The Morgan fingerprint density at radius 3 is 2.52 bits per heavy atom. The van der Waals surface area contributed by atoms with E-state index in [1.165, 1.54) is 21.4 Å². The standard InChI is InChI=1S/C19H22N6O3S/c1-14(2)23-12-18(21-13-23)29(27,28)24-9-15(10-24)11-25-19(26)4-3-17(22-25)16-5-7-20-8-6-16/h3-8,12-15H,9-11H2,1-2H3. The van der Waals surface area contributed by atoms with Gasteiger partial charge in [0.2, 0.25) is 0 Å². The number of hydrogen-bond acceptors (Lipinski definition) is 6. The van der Waals surface area contributed by atoms with Crippen LogP contribution in [-0.2, 0) is 16.6 Å². The number of imidazole rings is 1. The van der Waals surface area contributed by atoms with Gasteiger partial charge in [0.15, 0.2) is 5.03 Å². The normalized spacial score (nSPS) is 15.6. The second-order valence-electron chi connectivity index (χ2n) is 7.42. The van der Waals surface area contributed by atoms with E-state index in [0.717, 1.165) is 5.56 Å². The predicted octanol–water partition coefficient (Wildman–Crippen LogP) is 1.40. The van der Waals surface area contributed by atoms with E-state index in [4.69, 9.17) is 0 Å². The van der Waals surface area contributed by atoms with Crippen molar-refractivity contribution in [1.29, 1.82) is 0 Å². The van der Waals surface area contributed by atoms with Crippen LogP contribution < -0.4 is 5.56 Å². The number of pyridine rings is 1. The average Bonchev–Trinajstić information content (AvgIpc) is 3.17. The maximum absolute atomic E-state index is 12.7. The third-order valence-corrected chi connectivity index (χ3v) is 6.69. The monoisotopic (exact) mass is 414 g/mol. The van der Waals surface area contributed by atoms with E-state index in [0.29, 0.717) is 25.3 Å². The summed E-state index contributed by atoms with van der Waals surface area (Å²) < 4.78 is 30.0. The third-order valence-electron chi connectivity index (χ3n) is 4.98. The Morgan fingerprint density at radius 2 is 1.86 bits per heavy atom. The van der Waals surface area contributed by atoms with E-state index in [1.807, 2.05) is 26.0 Å². The summed E-state index contributed by atoms with van der Waals surface area (Å²) in [6, 6.07) is 6.95. The highest BCUT2D eigenvalue weighted by molar-refractivity contribution is 7.89. The molecule has 0 radical (unpaired) electrons. The van der Waals surface area contributed by atoms with E-state index in [9.17, 15) is 13.2 Å². The van der Waals surface area contributed by atoms with E-state index in [1.54, 1.807) is 29.2 Å². The molecule has 1 fully saturated rings. The third kappa shape index (κ3) is 3.85. The molecule has 3 aromatic heterocycles. The van der Waals surface area contributed by atoms with Gasteiger partial charge in [0.25, 0.3) is 15.6 Å². The molecule has 1 saturated heterocycles. The van der Waals surface area contributed by atoms with Crippen LogP contribution in [0.25, 0.3) is 11.3 Å². The van der Waals surface area contributed by atoms with Gasteiger partial charge in [0.05, 0.1) is 18.6 Å². The van der Waals surface area contributed by atoms with Crippen molar-refractivity contribution in [3.63, 3.8) is 0 Å². The lowest BCUT2D eigenvalue weighted by molar-refractivity contribution is 0.172. The Labute approximate surface area is 168 Å². The lowest BCUT2D eigenvalue weighted by Crippen LogP contribution is -2.52. The molecule has 1 aliphatic rings. The first-order valence-corrected chi connectivity index (χ1v) is 10.8. The topological polar surface area (TPSA) is 103 Å². The quantitative estimate of drug-likeness (QED) is 0.604. The van der Waals surface area contributed by atoms with Crippen molar-refractivity contribution in [2.45, 2.75) is 31.5 Å². The Bertz CT molecular complexity index is 1160. The van der Waals surface area contributed by atoms with Gasteiger partial charge < -0.3 is 4.57 Å². The van der Waals surface area contributed by atoms with Crippen LogP contribution in [0.4, 0.5) is 0 Å². The number of nitrogens with zero attached hydrogens (tertiary/aromatic N) is 6. The Kier molecular flexibility index (Phi) is 5.05. The average molecular weight is 414 g/mol. The fraction of sp³-hybridized carbons (Fsp3) is 0.368. The van der Waals surface area contributed by atoms with Crippen molar-refractivity contribution in [3.05, 3.63) is 59.5 Å². The molecule has 4 heterocycles. The van der Waals surface area contributed by atoms with Crippen LogP contribution in [0.1, 0.15) is 19.9 Å². The second-order valence-corrected chi connectivity index (χ2v) is 9.30. The largest absolute Gasteiger partial charge is 0.334 e. The van der Waals surface area contributed by atoms with Gasteiger partial charge >= 0.3 is 0 Å². The minimum absolute atomic E-state index is 0.0230. The first-order chi connectivity index (χ1) is 13.8. The van der Waals surface area contributed by atoms with Gasteiger partial charge in [-0.05, 0) is 32.0 Å². The number of aromatic nitrogens is 5. The summed E-state index contributed by atoms with van der Waals surface area (Å²) in [4.78, 5) is 20.2. The zero-order chi connectivity index (χ0) is 20.6. The molecule has 9 nitrogen and oxygen atoms in total. The molecular formula is C19H22N6O3S. The molecule has 29 heavy (non-hydrogen) atoms. The van der Waals surface area contributed by atoms with Crippen LogP contribution in [0.2, 0.25) is 0 Å². The van der Waals surface area contributed by atoms with E-state index < -0.39 is 10.0 Å². The van der Waals surface area contributed by atoms with Crippen molar-refractivity contribution in [3.8, 4) is 11.3 Å². The van der Waals surface area contributed by atoms with Crippen LogP contribution >= 0.6 is 0 Å². The molecule has 10 heteroatoms. The fourth-order valence-corrected chi connectivity index (χ4v) is 4.71. The molecule has 0 atom stereocenters.